The van der Waals surface area contributed by atoms with E-state index in [9.17, 15) is 17.8 Å². The zero-order valence-corrected chi connectivity index (χ0v) is 26.2. The molecule has 0 aromatic heterocycles. The van der Waals surface area contributed by atoms with Crippen LogP contribution in [-0.4, -0.2) is 18.8 Å². The summed E-state index contributed by atoms with van der Waals surface area (Å²) in [5.74, 6) is 0.941. The van der Waals surface area contributed by atoms with E-state index in [-0.39, 0.29) is 4.90 Å². The lowest BCUT2D eigenvalue weighted by atomic mass is 9.96. The van der Waals surface area contributed by atoms with E-state index in [0.717, 1.165) is 17.4 Å². The Labute approximate surface area is 249 Å². The first-order valence-electron chi connectivity index (χ1n) is 15.9. The third-order valence-corrected chi connectivity index (χ3v) is 8.61. The summed E-state index contributed by atoms with van der Waals surface area (Å²) in [7, 11) is -4.25. The van der Waals surface area contributed by atoms with Crippen LogP contribution in [0.2, 0.25) is 0 Å². The van der Waals surface area contributed by atoms with E-state index in [1.54, 1.807) is 6.07 Å². The molecule has 0 N–H and O–H groups in total. The summed E-state index contributed by atoms with van der Waals surface area (Å²) in [6, 6.07) is 21.5. The number of ketones is 1. The van der Waals surface area contributed by atoms with E-state index < -0.39 is 10.1 Å². The van der Waals surface area contributed by atoms with Gasteiger partial charge in [0.2, 0.25) is 0 Å². The molecule has 1 saturated carbocycles. The van der Waals surface area contributed by atoms with Crippen molar-refractivity contribution in [2.75, 3.05) is 0 Å². The van der Waals surface area contributed by atoms with Gasteiger partial charge in [-0.2, -0.15) is 0 Å². The Morgan fingerprint density at radius 3 is 1.66 bits per heavy atom. The Morgan fingerprint density at radius 2 is 1.17 bits per heavy atom. The van der Waals surface area contributed by atoms with Crippen molar-refractivity contribution < 1.29 is 17.8 Å². The molecule has 3 aromatic rings. The van der Waals surface area contributed by atoms with Crippen LogP contribution in [0, 0.1) is 5.92 Å². The van der Waals surface area contributed by atoms with Gasteiger partial charge >= 0.3 is 0 Å². The summed E-state index contributed by atoms with van der Waals surface area (Å²) in [6.07, 6.45) is 21.7. The molecule has 0 heterocycles. The van der Waals surface area contributed by atoms with Crippen LogP contribution in [0.5, 0.6) is 0 Å². The highest BCUT2D eigenvalue weighted by Gasteiger charge is 2.19. The molecule has 1 aliphatic carbocycles. The smallest absolute Gasteiger partial charge is 0.163 e. The van der Waals surface area contributed by atoms with Crippen LogP contribution in [0.3, 0.4) is 0 Å². The number of benzene rings is 3. The summed E-state index contributed by atoms with van der Waals surface area (Å²) in [4.78, 5) is 12.1. The van der Waals surface area contributed by atoms with E-state index in [1.165, 1.54) is 126 Å². The number of rotatable bonds is 14. The van der Waals surface area contributed by atoms with Crippen LogP contribution in [0.15, 0.2) is 77.7 Å². The van der Waals surface area contributed by atoms with Gasteiger partial charge in [0.15, 0.2) is 5.78 Å². The highest BCUT2D eigenvalue weighted by atomic mass is 32.2. The first-order valence-corrected chi connectivity index (χ1v) is 17.3. The molecule has 0 spiro atoms. The Balaban J connectivity index is 0.000000227. The zero-order chi connectivity index (χ0) is 29.8. The molecule has 1 aliphatic rings. The number of fused-ring (bicyclic) bond motifs is 1. The van der Waals surface area contributed by atoms with Gasteiger partial charge in [0.05, 0.1) is 4.90 Å². The molecule has 4 rings (SSSR count). The maximum absolute atomic E-state index is 12.2. The molecule has 0 unspecified atom stereocenters. The van der Waals surface area contributed by atoms with Gasteiger partial charge < -0.3 is 4.55 Å². The highest BCUT2D eigenvalue weighted by molar-refractivity contribution is 7.85. The quantitative estimate of drug-likeness (QED) is 0.108. The van der Waals surface area contributed by atoms with Crippen molar-refractivity contribution in [2.45, 2.75) is 121 Å². The maximum Gasteiger partial charge on any atom is 0.163 e. The van der Waals surface area contributed by atoms with Gasteiger partial charge in [-0.25, -0.2) is 8.42 Å². The molecule has 5 heteroatoms. The number of hydrogen-bond acceptors (Lipinski definition) is 4. The fourth-order valence-corrected chi connectivity index (χ4v) is 5.77. The normalized spacial score (nSPS) is 13.2. The van der Waals surface area contributed by atoms with Gasteiger partial charge in [-0.05, 0) is 34.9 Å². The number of carbonyl (C=O) groups is 1. The van der Waals surface area contributed by atoms with E-state index >= 15 is 0 Å². The summed E-state index contributed by atoms with van der Waals surface area (Å²) in [5.41, 5.74) is 0.876. The minimum absolute atomic E-state index is 0.185. The Hall–Kier alpha value is -2.50. The number of unbranched alkanes of at least 4 members (excludes halogenated alkanes) is 10. The molecular formula is C36H51O4S-. The zero-order valence-electron chi connectivity index (χ0n) is 25.4. The summed E-state index contributed by atoms with van der Waals surface area (Å²) in [5, 5.41) is 2.37. The molecule has 0 saturated heterocycles. The minimum Gasteiger partial charge on any atom is -0.744 e. The Kier molecular flexibility index (Phi) is 17.3. The van der Waals surface area contributed by atoms with Crippen molar-refractivity contribution in [3.05, 3.63) is 78.4 Å². The molecule has 226 valence electrons. The molecule has 0 aliphatic heterocycles. The van der Waals surface area contributed by atoms with Crippen LogP contribution < -0.4 is 0 Å². The second-order valence-electron chi connectivity index (χ2n) is 11.3. The molecule has 3 aromatic carbocycles. The molecule has 0 radical (unpaired) electrons. The Bertz CT molecular complexity index is 1200. The molecular weight excluding hydrogens is 528 g/mol. The lowest BCUT2D eigenvalue weighted by Gasteiger charge is -2.08. The SMILES string of the molecule is CCCCCCCCCCCCC.O=C(CC1CCCC1)c1ccc2ccccc2c1.O=S(=O)([O-])c1ccccc1. The average molecular weight is 580 g/mol. The molecule has 41 heavy (non-hydrogen) atoms. The van der Waals surface area contributed by atoms with E-state index in [2.05, 4.69) is 32.0 Å². The van der Waals surface area contributed by atoms with Crippen molar-refractivity contribution in [2.24, 2.45) is 5.92 Å². The summed E-state index contributed by atoms with van der Waals surface area (Å²) >= 11 is 0. The molecule has 0 amide bonds. The monoisotopic (exact) mass is 579 g/mol. The lowest BCUT2D eigenvalue weighted by Crippen LogP contribution is -2.05. The van der Waals surface area contributed by atoms with Crippen LogP contribution in [0.1, 0.15) is 127 Å². The molecule has 0 atom stereocenters. The number of hydrogen-bond donors (Lipinski definition) is 0. The molecule has 1 fully saturated rings. The largest absolute Gasteiger partial charge is 0.744 e. The van der Waals surface area contributed by atoms with Crippen molar-refractivity contribution in [3.8, 4) is 0 Å². The first-order chi connectivity index (χ1) is 19.8. The van der Waals surface area contributed by atoms with Gasteiger partial charge in [-0.15, -0.1) is 0 Å². The predicted octanol–water partition coefficient (Wildman–Crippen LogP) is 10.5. The van der Waals surface area contributed by atoms with Crippen LogP contribution in [-0.2, 0) is 10.1 Å². The third kappa shape index (κ3) is 14.8. The Morgan fingerprint density at radius 1 is 0.683 bits per heavy atom. The van der Waals surface area contributed by atoms with Gasteiger partial charge in [0, 0.05) is 12.0 Å². The number of Topliss-reactive ketones (excluding diaryl/α,β-unsaturated/α-hetero) is 1. The second kappa shape index (κ2) is 20.4. The molecule has 4 nitrogen and oxygen atoms in total. The van der Waals surface area contributed by atoms with Gasteiger partial charge in [0.25, 0.3) is 0 Å². The van der Waals surface area contributed by atoms with Crippen molar-refractivity contribution >= 4 is 26.7 Å². The van der Waals surface area contributed by atoms with E-state index in [0.29, 0.717) is 11.7 Å². The van der Waals surface area contributed by atoms with Gasteiger partial charge in [-0.3, -0.25) is 4.79 Å². The third-order valence-electron chi connectivity index (χ3n) is 7.76. The van der Waals surface area contributed by atoms with E-state index in [4.69, 9.17) is 0 Å². The first kappa shape index (κ1) is 34.7. The standard InChI is InChI=1S/C17H18O.C13H28.C6H6O3S/c18-17(11-13-5-1-2-6-13)16-10-9-14-7-3-4-8-15(14)12-16;1-3-5-7-9-11-13-12-10-8-6-4-2;7-10(8,9)6-4-2-1-3-5-6/h3-4,7-10,12-13H,1-2,5-6,11H2;3-13H2,1-2H3;1-5H,(H,7,8,9)/p-1. The predicted molar refractivity (Wildman–Crippen MR) is 171 cm³/mol. The molecule has 0 bridgehead atoms. The minimum atomic E-state index is -4.25. The second-order valence-corrected chi connectivity index (χ2v) is 12.7. The topological polar surface area (TPSA) is 74.3 Å². The van der Waals surface area contributed by atoms with Crippen LogP contribution in [0.4, 0.5) is 0 Å². The van der Waals surface area contributed by atoms with Crippen LogP contribution >= 0.6 is 0 Å². The van der Waals surface area contributed by atoms with Gasteiger partial charge in [0.1, 0.15) is 10.1 Å². The average Bonchev–Trinajstić information content (AvgIpc) is 3.50. The lowest BCUT2D eigenvalue weighted by molar-refractivity contribution is 0.0962. The van der Waals surface area contributed by atoms with E-state index in [1.807, 2.05) is 24.3 Å². The number of carbonyl (C=O) groups excluding carboxylic acids is 1. The summed E-state index contributed by atoms with van der Waals surface area (Å²) < 4.78 is 30.8. The van der Waals surface area contributed by atoms with Crippen molar-refractivity contribution in [3.63, 3.8) is 0 Å². The fourth-order valence-electron chi connectivity index (χ4n) is 5.28. The highest BCUT2D eigenvalue weighted by Crippen LogP contribution is 2.29. The van der Waals surface area contributed by atoms with Crippen LogP contribution in [0.25, 0.3) is 10.8 Å². The fraction of sp³-hybridized carbons (Fsp3) is 0.528. The maximum atomic E-state index is 12.2. The van der Waals surface area contributed by atoms with Crippen molar-refractivity contribution in [1.29, 1.82) is 0 Å². The van der Waals surface area contributed by atoms with Gasteiger partial charge in [-0.1, -0.05) is 165 Å². The van der Waals surface area contributed by atoms with Crippen molar-refractivity contribution in [1.82, 2.24) is 0 Å². The summed E-state index contributed by atoms with van der Waals surface area (Å²) in [6.45, 7) is 4.56.